The van der Waals surface area contributed by atoms with Gasteiger partial charge in [-0.1, -0.05) is 37.3 Å². The molecule has 48 heavy (non-hydrogen) atoms. The van der Waals surface area contributed by atoms with Gasteiger partial charge in [0.05, 0.1) is 0 Å². The zero-order valence-electron chi connectivity index (χ0n) is 32.0. The molecular weight excluding hydrogens is 659 g/mol. The number of ether oxygens (including phenoxy) is 5. The van der Waals surface area contributed by atoms with Crippen molar-refractivity contribution >= 4 is 53.8 Å². The fourth-order valence-electron chi connectivity index (χ4n) is 2.71. The van der Waals surface area contributed by atoms with Crippen molar-refractivity contribution in [1.29, 1.82) is 0 Å². The highest BCUT2D eigenvalue weighted by molar-refractivity contribution is 7.98. The van der Waals surface area contributed by atoms with E-state index >= 15 is 0 Å². The Morgan fingerprint density at radius 3 is 1.56 bits per heavy atom. The Hall–Kier alpha value is -2.77. The van der Waals surface area contributed by atoms with Crippen molar-refractivity contribution in [3.63, 3.8) is 0 Å². The lowest BCUT2D eigenvalue weighted by atomic mass is 10.1. The van der Waals surface area contributed by atoms with Gasteiger partial charge in [0.25, 0.3) is 0 Å². The van der Waals surface area contributed by atoms with Crippen LogP contribution >= 0.6 is 23.5 Å². The van der Waals surface area contributed by atoms with E-state index in [4.69, 9.17) is 18.9 Å². The first kappa shape index (κ1) is 52.1. The quantitative estimate of drug-likeness (QED) is 0.149. The number of esters is 4. The van der Waals surface area contributed by atoms with Crippen LogP contribution in [0.15, 0.2) is 30.3 Å². The molecule has 1 aromatic rings. The Morgan fingerprint density at radius 2 is 1.19 bits per heavy atom. The molecule has 1 amide bonds. The summed E-state index contributed by atoms with van der Waals surface area (Å²) in [6.07, 6.45) is 9.20. The predicted molar refractivity (Wildman–Crippen MR) is 197 cm³/mol. The average Bonchev–Trinajstić information content (AvgIpc) is 2.93. The van der Waals surface area contributed by atoms with Crippen molar-refractivity contribution < 1.29 is 47.7 Å². The number of rotatable bonds is 11. The molecular formula is C35H63NO10S2. The van der Waals surface area contributed by atoms with Gasteiger partial charge in [0.2, 0.25) is 6.41 Å². The van der Waals surface area contributed by atoms with Crippen LogP contribution in [-0.2, 0) is 54.3 Å². The van der Waals surface area contributed by atoms with Gasteiger partial charge in [-0.3, -0.25) is 14.4 Å². The second kappa shape index (κ2) is 30.3. The van der Waals surface area contributed by atoms with E-state index in [0.29, 0.717) is 19.4 Å². The van der Waals surface area contributed by atoms with Gasteiger partial charge < -0.3 is 29.0 Å². The summed E-state index contributed by atoms with van der Waals surface area (Å²) in [5, 5.41) is 2.36. The average molecular weight is 722 g/mol. The molecule has 1 unspecified atom stereocenters. The van der Waals surface area contributed by atoms with Crippen molar-refractivity contribution in [2.24, 2.45) is 0 Å². The SMILES string of the molecule is CC(C)(C)OC(=O)CCC(NC=O)C(=O)OC(C)(C)C.CCC(=O)OCc1ccccc1.COCC(=O)OC(C)(C)C.CSC.CSC. The largest absolute Gasteiger partial charge is 0.461 e. The zero-order chi connectivity index (χ0) is 38.4. The number of amides is 1. The highest BCUT2D eigenvalue weighted by atomic mass is 32.2. The van der Waals surface area contributed by atoms with E-state index in [0.717, 1.165) is 5.56 Å². The number of benzene rings is 1. The van der Waals surface area contributed by atoms with Crippen molar-refractivity contribution in [3.8, 4) is 0 Å². The number of thioether (sulfide) groups is 2. The van der Waals surface area contributed by atoms with Crippen molar-refractivity contribution in [2.45, 2.75) is 118 Å². The Bertz CT molecular complexity index is 984. The summed E-state index contributed by atoms with van der Waals surface area (Å²) < 4.78 is 24.7. The van der Waals surface area contributed by atoms with Crippen LogP contribution in [0.1, 0.15) is 94.1 Å². The number of hydrogen-bond acceptors (Lipinski definition) is 12. The molecule has 0 saturated heterocycles. The summed E-state index contributed by atoms with van der Waals surface area (Å²) in [6.45, 7) is 18.1. The van der Waals surface area contributed by atoms with E-state index in [2.05, 4.69) is 10.1 Å². The number of carbonyl (C=O) groups is 5. The molecule has 0 saturated carbocycles. The molecule has 0 bridgehead atoms. The Kier molecular flexibility index (Phi) is 32.9. The molecule has 1 aromatic carbocycles. The van der Waals surface area contributed by atoms with Crippen LogP contribution in [0.2, 0.25) is 0 Å². The first-order valence-electron chi connectivity index (χ1n) is 15.4. The standard InChI is InChI=1S/C14H25NO5.C10H12O2.C7H14O3.2C2H6S/c1-13(2,3)19-11(17)8-7-10(15-9-16)12(18)20-14(4,5)6;1-2-10(11)12-8-9-6-4-3-5-7-9;1-7(2,3)10-6(8)5-9-4;2*1-3-2/h9-10H,7-8H2,1-6H3,(H,15,16);3-7H,2,8H2,1H3;5H2,1-4H3;2*1-2H3. The van der Waals surface area contributed by atoms with Crippen molar-refractivity contribution in [3.05, 3.63) is 35.9 Å². The third kappa shape index (κ3) is 43.2. The summed E-state index contributed by atoms with van der Waals surface area (Å²) in [7, 11) is 1.46. The molecule has 0 radical (unpaired) electrons. The lowest BCUT2D eigenvalue weighted by molar-refractivity contribution is -0.160. The van der Waals surface area contributed by atoms with Gasteiger partial charge in [-0.2, -0.15) is 23.5 Å². The van der Waals surface area contributed by atoms with Gasteiger partial charge in [0, 0.05) is 20.0 Å². The molecule has 0 aliphatic carbocycles. The summed E-state index contributed by atoms with van der Waals surface area (Å²) in [6, 6.07) is 8.81. The molecule has 1 atom stereocenters. The van der Waals surface area contributed by atoms with Crippen LogP contribution in [0, 0.1) is 0 Å². The van der Waals surface area contributed by atoms with Gasteiger partial charge >= 0.3 is 23.9 Å². The maximum Gasteiger partial charge on any atom is 0.332 e. The van der Waals surface area contributed by atoms with Crippen molar-refractivity contribution in [2.75, 3.05) is 38.7 Å². The molecule has 280 valence electrons. The van der Waals surface area contributed by atoms with E-state index in [9.17, 15) is 24.0 Å². The molecule has 1 N–H and O–H groups in total. The topological polar surface area (TPSA) is 144 Å². The van der Waals surface area contributed by atoms with Crippen LogP contribution in [0.25, 0.3) is 0 Å². The third-order valence-corrected chi connectivity index (χ3v) is 4.23. The van der Waals surface area contributed by atoms with Gasteiger partial charge in [0.15, 0.2) is 0 Å². The first-order valence-corrected chi connectivity index (χ1v) is 18.7. The van der Waals surface area contributed by atoms with Crippen LogP contribution < -0.4 is 5.32 Å². The Balaban J connectivity index is -0.000000294. The summed E-state index contributed by atoms with van der Waals surface area (Å²) in [4.78, 5) is 55.4. The fourth-order valence-corrected chi connectivity index (χ4v) is 2.71. The van der Waals surface area contributed by atoms with E-state index in [1.54, 1.807) is 72.0 Å². The highest BCUT2D eigenvalue weighted by Gasteiger charge is 2.26. The van der Waals surface area contributed by atoms with E-state index < -0.39 is 34.8 Å². The van der Waals surface area contributed by atoms with Gasteiger partial charge in [-0.15, -0.1) is 0 Å². The molecule has 0 fully saturated rings. The summed E-state index contributed by atoms with van der Waals surface area (Å²) in [5.74, 6) is -1.46. The molecule has 11 nitrogen and oxygen atoms in total. The first-order chi connectivity index (χ1) is 22.1. The lowest BCUT2D eigenvalue weighted by Crippen LogP contribution is -2.41. The van der Waals surface area contributed by atoms with Crippen LogP contribution in [0.4, 0.5) is 0 Å². The minimum Gasteiger partial charge on any atom is -0.461 e. The van der Waals surface area contributed by atoms with Crippen LogP contribution in [0.3, 0.4) is 0 Å². The normalized spacial score (nSPS) is 11.0. The third-order valence-electron chi connectivity index (χ3n) is 4.23. The Morgan fingerprint density at radius 1 is 0.750 bits per heavy atom. The maximum absolute atomic E-state index is 11.9. The summed E-state index contributed by atoms with van der Waals surface area (Å²) >= 11 is 3.50. The number of methoxy groups -OCH3 is 1. The molecule has 0 aliphatic heterocycles. The molecule has 0 aromatic heterocycles. The van der Waals surface area contributed by atoms with Crippen molar-refractivity contribution in [1.82, 2.24) is 5.32 Å². The minimum atomic E-state index is -0.848. The molecule has 1 rings (SSSR count). The second-order valence-corrected chi connectivity index (χ2v) is 14.5. The number of nitrogens with one attached hydrogen (secondary N) is 1. The fraction of sp³-hybridized carbons (Fsp3) is 0.686. The lowest BCUT2D eigenvalue weighted by Gasteiger charge is -2.24. The monoisotopic (exact) mass is 721 g/mol. The summed E-state index contributed by atoms with van der Waals surface area (Å²) in [5.41, 5.74) is -0.600. The smallest absolute Gasteiger partial charge is 0.332 e. The number of hydrogen-bond donors (Lipinski definition) is 1. The van der Waals surface area contributed by atoms with E-state index in [1.165, 1.54) is 7.11 Å². The second-order valence-electron chi connectivity index (χ2n) is 12.8. The van der Waals surface area contributed by atoms with Gasteiger partial charge in [-0.05, 0) is 99.3 Å². The molecule has 13 heteroatoms. The minimum absolute atomic E-state index is 0.0251. The molecule has 0 aliphatic rings. The van der Waals surface area contributed by atoms with E-state index in [-0.39, 0.29) is 31.4 Å². The predicted octanol–water partition coefficient (Wildman–Crippen LogP) is 6.64. The van der Waals surface area contributed by atoms with Crippen LogP contribution in [0.5, 0.6) is 0 Å². The zero-order valence-corrected chi connectivity index (χ0v) is 33.6. The van der Waals surface area contributed by atoms with E-state index in [1.807, 2.05) is 76.1 Å². The highest BCUT2D eigenvalue weighted by Crippen LogP contribution is 2.13. The molecule has 0 heterocycles. The number of carbonyl (C=O) groups excluding carboxylic acids is 5. The van der Waals surface area contributed by atoms with Gasteiger partial charge in [-0.25, -0.2) is 9.59 Å². The van der Waals surface area contributed by atoms with Gasteiger partial charge in [0.1, 0.15) is 36.1 Å². The maximum atomic E-state index is 11.9. The van der Waals surface area contributed by atoms with Crippen LogP contribution in [-0.4, -0.2) is 91.9 Å². The molecule has 0 spiro atoms. The Labute approximate surface area is 298 Å².